The zero-order valence-corrected chi connectivity index (χ0v) is 32.8. The molecule has 0 saturated heterocycles. The van der Waals surface area contributed by atoms with E-state index < -0.39 is 53.8 Å². The maximum atomic E-state index is 13.2. The van der Waals surface area contributed by atoms with Crippen molar-refractivity contribution in [2.45, 2.75) is 23.6 Å². The lowest BCUT2D eigenvalue weighted by Crippen LogP contribution is -2.24. The third-order valence-electron chi connectivity index (χ3n) is 8.59. The quantitative estimate of drug-likeness (QED) is 0.0418. The van der Waals surface area contributed by atoms with Gasteiger partial charge in [0.15, 0.2) is 5.75 Å². The molecule has 17 nitrogen and oxygen atoms in total. The smallest absolute Gasteiger partial charge is 0.340 e. The first-order valence-corrected chi connectivity index (χ1v) is 20.3. The first kappa shape index (κ1) is 40.3. The molecule has 0 aliphatic carbocycles. The van der Waals surface area contributed by atoms with Gasteiger partial charge in [-0.1, -0.05) is 24.3 Å². The number of aryl methyl sites for hydroxylation is 2. The molecule has 5 N–H and O–H groups in total. The fourth-order valence-corrected chi connectivity index (χ4v) is 7.66. The number of phenolic OH excluding ortho intramolecular Hbond substituents is 1. The van der Waals surface area contributed by atoms with Crippen molar-refractivity contribution in [2.75, 3.05) is 24.2 Å². The van der Waals surface area contributed by atoms with Crippen LogP contribution in [0.3, 0.4) is 0 Å². The Kier molecular flexibility index (Phi) is 11.1. The van der Waals surface area contributed by atoms with Crippen LogP contribution in [0.15, 0.2) is 121 Å². The molecule has 0 bridgehead atoms. The summed E-state index contributed by atoms with van der Waals surface area (Å²) in [5.74, 6) is -1.30. The summed E-state index contributed by atoms with van der Waals surface area (Å²) >= 11 is -2.10. The Bertz CT molecular complexity index is 2920. The molecular weight excluding hydrogens is 801 g/mol. The second-order valence-electron chi connectivity index (χ2n) is 12.4. The van der Waals surface area contributed by atoms with Crippen molar-refractivity contribution < 1.29 is 49.0 Å². The van der Waals surface area contributed by atoms with Crippen LogP contribution in [0.25, 0.3) is 21.5 Å². The monoisotopic (exact) mass is 832 g/mol. The van der Waals surface area contributed by atoms with Crippen molar-refractivity contribution in [2.24, 2.45) is 20.5 Å². The second kappa shape index (κ2) is 15.7. The van der Waals surface area contributed by atoms with Crippen LogP contribution >= 0.6 is 0 Å². The van der Waals surface area contributed by atoms with Crippen LogP contribution in [0, 0.1) is 13.8 Å². The highest BCUT2D eigenvalue weighted by molar-refractivity contribution is 7.86. The molecule has 0 radical (unpaired) electrons. The van der Waals surface area contributed by atoms with Crippen molar-refractivity contribution in [1.82, 2.24) is 0 Å². The summed E-state index contributed by atoms with van der Waals surface area (Å²) in [4.78, 5) is 11.2. The van der Waals surface area contributed by atoms with E-state index in [2.05, 4.69) is 20.5 Å². The van der Waals surface area contributed by atoms with Gasteiger partial charge in [-0.15, -0.1) is 15.3 Å². The molecule has 57 heavy (non-hydrogen) atoms. The fraction of sp³-hybridized carbons (Fsp3) is 0.108. The average Bonchev–Trinajstić information content (AvgIpc) is 3.16. The number of carbonyl (C=O) groups is 1. The molecule has 0 aromatic heterocycles. The number of azo groups is 2. The normalized spacial score (nSPS) is 12.7. The largest absolute Gasteiger partial charge is 0.505 e. The van der Waals surface area contributed by atoms with Gasteiger partial charge in [0, 0.05) is 12.4 Å². The number of aromatic hydroxyl groups is 1. The van der Waals surface area contributed by atoms with Gasteiger partial charge < -0.3 is 19.8 Å². The van der Waals surface area contributed by atoms with E-state index in [0.717, 1.165) is 6.07 Å². The van der Waals surface area contributed by atoms with Crippen molar-refractivity contribution in [3.63, 3.8) is 0 Å². The lowest BCUT2D eigenvalue weighted by molar-refractivity contribution is 0.0601. The molecule has 0 fully saturated rings. The number of anilines is 2. The number of methoxy groups -OCH3 is 1. The number of hydrogen-bond donors (Lipinski definition) is 4. The maximum Gasteiger partial charge on any atom is 0.340 e. The van der Waals surface area contributed by atoms with Gasteiger partial charge in [0.25, 0.3) is 20.2 Å². The number of nitrogens with zero attached hydrogens (tertiary/aromatic N) is 5. The maximum absolute atomic E-state index is 13.2. The molecule has 6 aromatic rings. The highest BCUT2D eigenvalue weighted by Gasteiger charge is 2.25. The highest BCUT2D eigenvalue weighted by Crippen LogP contribution is 2.47. The molecule has 0 saturated carbocycles. The molecule has 6 rings (SSSR count). The minimum atomic E-state index is -4.97. The zero-order valence-electron chi connectivity index (χ0n) is 30.3. The topological polar surface area (TPSA) is 260 Å². The van der Waals surface area contributed by atoms with Crippen molar-refractivity contribution in [3.8, 4) is 11.5 Å². The molecule has 294 valence electrons. The molecule has 0 spiro atoms. The van der Waals surface area contributed by atoms with Crippen molar-refractivity contribution in [1.29, 1.82) is 0 Å². The van der Waals surface area contributed by atoms with E-state index in [1.807, 2.05) is 0 Å². The number of rotatable bonds is 11. The third kappa shape index (κ3) is 8.44. The Morgan fingerprint density at radius 1 is 0.807 bits per heavy atom. The summed E-state index contributed by atoms with van der Waals surface area (Å²) in [7, 11) is -6.79. The summed E-state index contributed by atoms with van der Waals surface area (Å²) in [5, 5.41) is 28.9. The third-order valence-corrected chi connectivity index (χ3v) is 11.3. The van der Waals surface area contributed by atoms with Crippen LogP contribution in [-0.4, -0.2) is 55.4 Å². The van der Waals surface area contributed by atoms with Crippen molar-refractivity contribution >= 4 is 93.1 Å². The average molecular weight is 833 g/mol. The number of hydrogen-bond acceptors (Lipinski definition) is 14. The van der Waals surface area contributed by atoms with Gasteiger partial charge in [0.05, 0.1) is 40.0 Å². The summed E-state index contributed by atoms with van der Waals surface area (Å²) in [6, 6.07) is 22.2. The number of ether oxygens (including phenoxy) is 1. The lowest BCUT2D eigenvalue weighted by Gasteiger charge is -2.19. The lowest BCUT2D eigenvalue weighted by atomic mass is 10.0. The summed E-state index contributed by atoms with van der Waals surface area (Å²) in [6.45, 7) is 3.35. The first-order valence-electron chi connectivity index (χ1n) is 16.4. The van der Waals surface area contributed by atoms with Gasteiger partial charge in [-0.25, -0.2) is 4.79 Å². The van der Waals surface area contributed by atoms with Crippen LogP contribution in [0.1, 0.15) is 21.5 Å². The van der Waals surface area contributed by atoms with Crippen LogP contribution in [0.5, 0.6) is 11.5 Å². The van der Waals surface area contributed by atoms with Crippen molar-refractivity contribution in [3.05, 3.63) is 108 Å². The summed E-state index contributed by atoms with van der Waals surface area (Å²) in [6.07, 6.45) is 0. The minimum Gasteiger partial charge on any atom is -0.505 e. The van der Waals surface area contributed by atoms with E-state index >= 15 is 0 Å². The Morgan fingerprint density at radius 3 is 2.18 bits per heavy atom. The number of phenols is 1. The molecule has 0 aliphatic rings. The van der Waals surface area contributed by atoms with E-state index in [0.29, 0.717) is 33.3 Å². The predicted molar refractivity (Wildman–Crippen MR) is 213 cm³/mol. The summed E-state index contributed by atoms with van der Waals surface area (Å²) < 4.78 is 92.9. The van der Waals surface area contributed by atoms with Crippen LogP contribution in [-0.2, 0) is 36.2 Å². The number of esters is 1. The first-order chi connectivity index (χ1) is 26.9. The van der Waals surface area contributed by atoms with Gasteiger partial charge in [-0.05, 0) is 102 Å². The molecule has 1 unspecified atom stereocenters. The SMILES string of the molecule is COC(=O)c1ccc(C)cc1N=Nc1c(S(=O)(=O)O)cc2cc(C)c(N=Nc3ccc(OS(=O)N(C)c4cccc5ccc(S(=O)(=O)O)cc45)cc3)c(N)c2c1O. The molecule has 0 heterocycles. The number of benzene rings is 6. The van der Waals surface area contributed by atoms with Gasteiger partial charge in [-0.3, -0.25) is 13.4 Å². The molecule has 6 aromatic carbocycles. The minimum absolute atomic E-state index is 0.00497. The number of carbonyl (C=O) groups excluding carboxylic acids is 1. The van der Waals surface area contributed by atoms with E-state index in [1.54, 1.807) is 38.1 Å². The second-order valence-corrected chi connectivity index (χ2v) is 16.4. The number of nitrogens with two attached hydrogens (primary N) is 1. The van der Waals surface area contributed by atoms with E-state index in [4.69, 9.17) is 14.7 Å². The van der Waals surface area contributed by atoms with Gasteiger partial charge >= 0.3 is 17.2 Å². The molecule has 1 atom stereocenters. The Hall–Kier alpha value is -6.32. The molecule has 20 heteroatoms. The highest BCUT2D eigenvalue weighted by atomic mass is 32.2. The van der Waals surface area contributed by atoms with E-state index in [9.17, 15) is 40.1 Å². The van der Waals surface area contributed by atoms with Gasteiger partial charge in [0.1, 0.15) is 27.7 Å². The number of fused-ring (bicyclic) bond motifs is 2. The van der Waals surface area contributed by atoms with Crippen LogP contribution in [0.2, 0.25) is 0 Å². The molecular formula is C37H32N6O11S3. The Morgan fingerprint density at radius 2 is 1.51 bits per heavy atom. The van der Waals surface area contributed by atoms with E-state index in [-0.39, 0.29) is 44.0 Å². The van der Waals surface area contributed by atoms with Gasteiger partial charge in [0.2, 0.25) is 0 Å². The molecule has 0 amide bonds. The Labute approximate surface area is 328 Å². The Balaban J connectivity index is 1.29. The molecule has 0 aliphatic heterocycles. The van der Waals surface area contributed by atoms with Gasteiger partial charge in [-0.2, -0.15) is 26.2 Å². The number of nitrogen functional groups attached to an aromatic ring is 1. The summed E-state index contributed by atoms with van der Waals surface area (Å²) in [5.41, 5.74) is 7.66. The fourth-order valence-electron chi connectivity index (χ4n) is 5.78. The zero-order chi connectivity index (χ0) is 41.4. The van der Waals surface area contributed by atoms with Crippen LogP contribution in [0.4, 0.5) is 34.1 Å². The van der Waals surface area contributed by atoms with E-state index in [1.165, 1.54) is 79.1 Å². The van der Waals surface area contributed by atoms with Crippen LogP contribution < -0.4 is 14.2 Å². The standard InChI is InChI=1S/C37H32N6O11S3/c1-20-8-15-27(37(45)53-4)29(16-20)40-42-35-31(57(50,51)52)18-23-17-21(2)34(33(38)32(23)36(35)44)41-39-24-10-12-25(13-11-24)54-55(46)43(3)30-7-5-6-22-9-14-26(19-28(22)30)56(47,48)49/h5-19,44H,38H2,1-4H3,(H,47,48,49)(H,50,51,52). The predicted octanol–water partition coefficient (Wildman–Crippen LogP) is 8.10.